The maximum atomic E-state index is 11.6. The van der Waals surface area contributed by atoms with Gasteiger partial charge in [-0.05, 0) is 25.5 Å². The van der Waals surface area contributed by atoms with Gasteiger partial charge in [0.1, 0.15) is 17.5 Å². The van der Waals surface area contributed by atoms with Crippen molar-refractivity contribution in [2.24, 2.45) is 0 Å². The molecule has 1 aromatic heterocycles. The molecule has 0 spiro atoms. The van der Waals surface area contributed by atoms with Gasteiger partial charge >= 0.3 is 0 Å². The molecule has 0 atom stereocenters. The third kappa shape index (κ3) is 5.40. The maximum Gasteiger partial charge on any atom is 0.263 e. The summed E-state index contributed by atoms with van der Waals surface area (Å²) in [4.78, 5) is 15.8. The van der Waals surface area contributed by atoms with Crippen LogP contribution in [0, 0.1) is 18.3 Å². The van der Waals surface area contributed by atoms with Crippen LogP contribution in [-0.2, 0) is 4.79 Å². The number of nitrogens with one attached hydrogen (secondary N) is 2. The van der Waals surface area contributed by atoms with Gasteiger partial charge in [-0.2, -0.15) is 5.26 Å². The SMILES string of the molecule is Cc1cccc(N/C=C(/C#N)C(=O)NCCCCl)n1. The third-order valence-corrected chi connectivity index (χ3v) is 2.48. The number of amides is 1. The monoisotopic (exact) mass is 278 g/mol. The number of aryl methyl sites for hydroxylation is 1. The van der Waals surface area contributed by atoms with Crippen molar-refractivity contribution in [3.05, 3.63) is 35.7 Å². The van der Waals surface area contributed by atoms with E-state index >= 15 is 0 Å². The second-order valence-electron chi connectivity index (χ2n) is 3.78. The molecule has 19 heavy (non-hydrogen) atoms. The lowest BCUT2D eigenvalue weighted by atomic mass is 10.3. The van der Waals surface area contributed by atoms with Crippen molar-refractivity contribution in [2.45, 2.75) is 13.3 Å². The molecule has 6 heteroatoms. The molecule has 0 unspecified atom stereocenters. The molecule has 1 amide bonds. The van der Waals surface area contributed by atoms with E-state index in [2.05, 4.69) is 15.6 Å². The fourth-order valence-electron chi connectivity index (χ4n) is 1.28. The Morgan fingerprint density at radius 1 is 1.58 bits per heavy atom. The first-order chi connectivity index (χ1) is 9.17. The number of anilines is 1. The topological polar surface area (TPSA) is 77.8 Å². The Morgan fingerprint density at radius 3 is 3.00 bits per heavy atom. The van der Waals surface area contributed by atoms with E-state index in [0.29, 0.717) is 24.7 Å². The quantitative estimate of drug-likeness (QED) is 0.361. The minimum absolute atomic E-state index is 0.00196. The fourth-order valence-corrected chi connectivity index (χ4v) is 1.42. The highest BCUT2D eigenvalue weighted by Crippen LogP contribution is 2.04. The summed E-state index contributed by atoms with van der Waals surface area (Å²) in [6, 6.07) is 7.29. The number of alkyl halides is 1. The van der Waals surface area contributed by atoms with Crippen molar-refractivity contribution in [2.75, 3.05) is 17.7 Å². The summed E-state index contributed by atoms with van der Waals surface area (Å²) in [7, 11) is 0. The fraction of sp³-hybridized carbons (Fsp3) is 0.308. The lowest BCUT2D eigenvalue weighted by molar-refractivity contribution is -0.117. The lowest BCUT2D eigenvalue weighted by Gasteiger charge is -2.04. The average Bonchev–Trinajstić information content (AvgIpc) is 2.40. The second kappa shape index (κ2) is 8.11. The molecule has 0 radical (unpaired) electrons. The van der Waals surface area contributed by atoms with Crippen LogP contribution in [0.5, 0.6) is 0 Å². The number of rotatable bonds is 6. The van der Waals surface area contributed by atoms with Gasteiger partial charge in [0, 0.05) is 24.3 Å². The largest absolute Gasteiger partial charge is 0.351 e. The number of nitrogens with zero attached hydrogens (tertiary/aromatic N) is 2. The van der Waals surface area contributed by atoms with Crippen molar-refractivity contribution in [1.29, 1.82) is 5.26 Å². The molecular weight excluding hydrogens is 264 g/mol. The van der Waals surface area contributed by atoms with Crippen LogP contribution in [0.2, 0.25) is 0 Å². The number of halogens is 1. The first-order valence-electron chi connectivity index (χ1n) is 5.82. The van der Waals surface area contributed by atoms with Crippen LogP contribution in [-0.4, -0.2) is 23.3 Å². The number of hydrogen-bond donors (Lipinski definition) is 2. The summed E-state index contributed by atoms with van der Waals surface area (Å²) in [6.45, 7) is 2.31. The van der Waals surface area contributed by atoms with E-state index in [-0.39, 0.29) is 5.57 Å². The molecule has 0 aliphatic rings. The van der Waals surface area contributed by atoms with Crippen molar-refractivity contribution >= 4 is 23.3 Å². The molecule has 5 nitrogen and oxygen atoms in total. The van der Waals surface area contributed by atoms with Gasteiger partial charge in [0.15, 0.2) is 0 Å². The second-order valence-corrected chi connectivity index (χ2v) is 4.15. The van der Waals surface area contributed by atoms with Crippen molar-refractivity contribution in [1.82, 2.24) is 10.3 Å². The van der Waals surface area contributed by atoms with E-state index in [1.165, 1.54) is 6.20 Å². The zero-order valence-corrected chi connectivity index (χ0v) is 11.4. The number of nitriles is 1. The summed E-state index contributed by atoms with van der Waals surface area (Å²) in [5, 5.41) is 14.4. The summed E-state index contributed by atoms with van der Waals surface area (Å²) in [6.07, 6.45) is 2.01. The minimum Gasteiger partial charge on any atom is -0.351 e. The van der Waals surface area contributed by atoms with Crippen LogP contribution in [0.3, 0.4) is 0 Å². The van der Waals surface area contributed by atoms with Gasteiger partial charge in [0.2, 0.25) is 0 Å². The van der Waals surface area contributed by atoms with E-state index in [1.807, 2.05) is 25.1 Å². The van der Waals surface area contributed by atoms with Gasteiger partial charge in [-0.3, -0.25) is 4.79 Å². The summed E-state index contributed by atoms with van der Waals surface area (Å²) >= 11 is 5.50. The van der Waals surface area contributed by atoms with Gasteiger partial charge in [-0.15, -0.1) is 11.6 Å². The molecule has 1 rings (SSSR count). The number of hydrogen-bond acceptors (Lipinski definition) is 4. The van der Waals surface area contributed by atoms with Gasteiger partial charge in [-0.25, -0.2) is 4.98 Å². The average molecular weight is 279 g/mol. The van der Waals surface area contributed by atoms with Gasteiger partial charge in [-0.1, -0.05) is 6.07 Å². The van der Waals surface area contributed by atoms with Crippen molar-refractivity contribution < 1.29 is 4.79 Å². The standard InChI is InChI=1S/C13H15ClN4O/c1-10-4-2-5-12(18-10)17-9-11(8-15)13(19)16-7-3-6-14/h2,4-5,9H,3,6-7H2,1H3,(H,16,19)(H,17,18)/b11-9-. The van der Waals surface area contributed by atoms with E-state index in [0.717, 1.165) is 5.69 Å². The normalized spacial score (nSPS) is 10.7. The third-order valence-electron chi connectivity index (χ3n) is 2.21. The highest BCUT2D eigenvalue weighted by molar-refractivity contribution is 6.17. The van der Waals surface area contributed by atoms with E-state index in [1.54, 1.807) is 6.07 Å². The molecule has 1 aromatic rings. The Labute approximate surface area is 117 Å². The van der Waals surface area contributed by atoms with Crippen LogP contribution in [0.25, 0.3) is 0 Å². The molecule has 2 N–H and O–H groups in total. The first-order valence-corrected chi connectivity index (χ1v) is 6.35. The molecule has 0 aliphatic heterocycles. The van der Waals surface area contributed by atoms with Crippen LogP contribution < -0.4 is 10.6 Å². The highest BCUT2D eigenvalue weighted by Gasteiger charge is 2.07. The molecule has 0 aliphatic carbocycles. The van der Waals surface area contributed by atoms with Crippen LogP contribution in [0.4, 0.5) is 5.82 Å². The molecule has 1 heterocycles. The number of pyridine rings is 1. The van der Waals surface area contributed by atoms with Crippen LogP contribution >= 0.6 is 11.6 Å². The molecule has 0 saturated carbocycles. The van der Waals surface area contributed by atoms with Gasteiger partial charge in [0.25, 0.3) is 5.91 Å². The predicted octanol–water partition coefficient (Wildman–Crippen LogP) is 1.95. The summed E-state index contributed by atoms with van der Waals surface area (Å²) < 4.78 is 0. The molecule has 100 valence electrons. The molecule has 0 bridgehead atoms. The number of carbonyl (C=O) groups excluding carboxylic acids is 1. The summed E-state index contributed by atoms with van der Waals surface area (Å²) in [5.74, 6) is 0.631. The highest BCUT2D eigenvalue weighted by atomic mass is 35.5. The lowest BCUT2D eigenvalue weighted by Crippen LogP contribution is -2.26. The van der Waals surface area contributed by atoms with Crippen LogP contribution in [0.15, 0.2) is 30.0 Å². The number of aromatic nitrogens is 1. The zero-order valence-electron chi connectivity index (χ0n) is 10.6. The van der Waals surface area contributed by atoms with E-state index < -0.39 is 5.91 Å². The Kier molecular flexibility index (Phi) is 6.41. The molecular formula is C13H15ClN4O. The van der Waals surface area contributed by atoms with Crippen molar-refractivity contribution in [3.8, 4) is 6.07 Å². The maximum absolute atomic E-state index is 11.6. The number of carbonyl (C=O) groups is 1. The Bertz CT molecular complexity index is 508. The van der Waals surface area contributed by atoms with Crippen LogP contribution in [0.1, 0.15) is 12.1 Å². The summed E-state index contributed by atoms with van der Waals surface area (Å²) in [5.41, 5.74) is 0.848. The van der Waals surface area contributed by atoms with Gasteiger partial charge < -0.3 is 10.6 Å². The smallest absolute Gasteiger partial charge is 0.263 e. The Morgan fingerprint density at radius 2 is 2.37 bits per heavy atom. The van der Waals surface area contributed by atoms with Crippen molar-refractivity contribution in [3.63, 3.8) is 0 Å². The zero-order chi connectivity index (χ0) is 14.1. The predicted molar refractivity (Wildman–Crippen MR) is 74.6 cm³/mol. The first kappa shape index (κ1) is 15.0. The molecule has 0 saturated heterocycles. The van der Waals surface area contributed by atoms with E-state index in [9.17, 15) is 4.79 Å². The Hall–Kier alpha value is -2.06. The molecule has 0 aromatic carbocycles. The van der Waals surface area contributed by atoms with Gasteiger partial charge in [0.05, 0.1) is 0 Å². The Balaban J connectivity index is 2.62. The van der Waals surface area contributed by atoms with E-state index in [4.69, 9.17) is 16.9 Å². The molecule has 0 fully saturated rings. The minimum atomic E-state index is -0.423.